The molecule has 3 aliphatic rings. The zero-order chi connectivity index (χ0) is 11.2. The third-order valence-corrected chi connectivity index (χ3v) is 3.77. The van der Waals surface area contributed by atoms with Gasteiger partial charge in [0.05, 0.1) is 0 Å². The lowest BCUT2D eigenvalue weighted by Crippen LogP contribution is -2.48. The number of carbonyl (C=O) groups excluding carboxylic acids is 1. The molecule has 0 saturated carbocycles. The van der Waals surface area contributed by atoms with Gasteiger partial charge in [0.2, 0.25) is 5.91 Å². The number of nitrogens with zero attached hydrogens (tertiary/aromatic N) is 1. The average molecular weight is 213 g/mol. The number of allylic oxidation sites excluding steroid dienone is 2. The van der Waals surface area contributed by atoms with Gasteiger partial charge in [0.15, 0.2) is 0 Å². The molecule has 1 unspecified atom stereocenters. The molecule has 0 bridgehead atoms. The third kappa shape index (κ3) is 1.10. The second kappa shape index (κ2) is 3.21. The molecule has 0 saturated heterocycles. The molecular formula is C14H15NO. The molecule has 16 heavy (non-hydrogen) atoms. The Morgan fingerprint density at radius 1 is 1.50 bits per heavy atom. The SMILES string of the molecule is C=C[C@@H]1C=CC23C=CCCN2C(=O)C=C3C1. The zero-order valence-corrected chi connectivity index (χ0v) is 9.23. The fraction of sp³-hybridized carbons (Fsp3) is 0.357. The summed E-state index contributed by atoms with van der Waals surface area (Å²) in [5.41, 5.74) is 0.996. The van der Waals surface area contributed by atoms with Gasteiger partial charge in [-0.25, -0.2) is 0 Å². The van der Waals surface area contributed by atoms with Crippen LogP contribution in [0.2, 0.25) is 0 Å². The van der Waals surface area contributed by atoms with Crippen LogP contribution in [0.5, 0.6) is 0 Å². The minimum atomic E-state index is -0.227. The van der Waals surface area contributed by atoms with Gasteiger partial charge in [-0.15, -0.1) is 6.58 Å². The molecule has 2 aliphatic heterocycles. The van der Waals surface area contributed by atoms with Crippen LogP contribution in [0.3, 0.4) is 0 Å². The summed E-state index contributed by atoms with van der Waals surface area (Å²) in [6.45, 7) is 4.66. The summed E-state index contributed by atoms with van der Waals surface area (Å²) in [4.78, 5) is 13.9. The van der Waals surface area contributed by atoms with E-state index in [9.17, 15) is 4.79 Å². The van der Waals surface area contributed by atoms with Crippen LogP contribution in [0, 0.1) is 5.92 Å². The molecule has 2 atom stereocenters. The van der Waals surface area contributed by atoms with E-state index >= 15 is 0 Å². The molecule has 2 heterocycles. The summed E-state index contributed by atoms with van der Waals surface area (Å²) in [5, 5.41) is 0. The Kier molecular flexibility index (Phi) is 1.93. The highest BCUT2D eigenvalue weighted by Gasteiger charge is 2.46. The summed E-state index contributed by atoms with van der Waals surface area (Å²) in [7, 11) is 0. The first-order valence-electron chi connectivity index (χ1n) is 5.78. The van der Waals surface area contributed by atoms with Gasteiger partial charge in [0, 0.05) is 12.6 Å². The number of rotatable bonds is 1. The van der Waals surface area contributed by atoms with Crippen molar-refractivity contribution in [3.05, 3.63) is 48.6 Å². The topological polar surface area (TPSA) is 20.3 Å². The smallest absolute Gasteiger partial charge is 0.247 e. The van der Waals surface area contributed by atoms with E-state index in [2.05, 4.69) is 30.9 Å². The fourth-order valence-corrected chi connectivity index (χ4v) is 2.89. The molecule has 1 spiro atoms. The van der Waals surface area contributed by atoms with E-state index in [4.69, 9.17) is 0 Å². The average Bonchev–Trinajstić information content (AvgIpc) is 2.61. The molecule has 0 aromatic rings. The largest absolute Gasteiger partial charge is 0.322 e. The van der Waals surface area contributed by atoms with Crippen molar-refractivity contribution in [2.24, 2.45) is 5.92 Å². The lowest BCUT2D eigenvalue weighted by atomic mass is 9.77. The molecule has 3 rings (SSSR count). The number of amides is 1. The molecule has 82 valence electrons. The van der Waals surface area contributed by atoms with E-state index in [-0.39, 0.29) is 11.4 Å². The van der Waals surface area contributed by atoms with Gasteiger partial charge in [0.1, 0.15) is 5.54 Å². The van der Waals surface area contributed by atoms with Gasteiger partial charge in [-0.2, -0.15) is 0 Å². The Labute approximate surface area is 95.6 Å². The maximum absolute atomic E-state index is 11.9. The van der Waals surface area contributed by atoms with Crippen LogP contribution in [-0.4, -0.2) is 22.9 Å². The highest BCUT2D eigenvalue weighted by molar-refractivity contribution is 5.94. The summed E-state index contributed by atoms with van der Waals surface area (Å²) in [5.74, 6) is 0.536. The van der Waals surface area contributed by atoms with Gasteiger partial charge in [-0.3, -0.25) is 4.79 Å². The maximum Gasteiger partial charge on any atom is 0.247 e. The molecule has 0 radical (unpaired) electrons. The van der Waals surface area contributed by atoms with E-state index < -0.39 is 0 Å². The van der Waals surface area contributed by atoms with Crippen LogP contribution in [0.1, 0.15) is 12.8 Å². The van der Waals surface area contributed by atoms with E-state index in [1.165, 1.54) is 5.57 Å². The monoisotopic (exact) mass is 213 g/mol. The van der Waals surface area contributed by atoms with Crippen LogP contribution in [0.25, 0.3) is 0 Å². The first kappa shape index (κ1) is 9.64. The van der Waals surface area contributed by atoms with Crippen molar-refractivity contribution < 1.29 is 4.79 Å². The first-order chi connectivity index (χ1) is 7.76. The van der Waals surface area contributed by atoms with Gasteiger partial charge in [0.25, 0.3) is 0 Å². The standard InChI is InChI=1S/C14H15NO/c1-2-11-5-7-14-6-3-4-8-15(14)13(16)10-12(14)9-11/h2-3,5-7,10-11H,1,4,8-9H2/t11-,14?/m1/s1. The van der Waals surface area contributed by atoms with Crippen molar-refractivity contribution in [2.45, 2.75) is 18.4 Å². The molecule has 0 N–H and O–H groups in total. The van der Waals surface area contributed by atoms with Crippen molar-refractivity contribution in [1.29, 1.82) is 0 Å². The second-order valence-electron chi connectivity index (χ2n) is 4.64. The highest BCUT2D eigenvalue weighted by atomic mass is 16.2. The maximum atomic E-state index is 11.9. The molecule has 0 aromatic carbocycles. The van der Waals surface area contributed by atoms with Crippen molar-refractivity contribution in [1.82, 2.24) is 4.90 Å². The van der Waals surface area contributed by atoms with Crippen molar-refractivity contribution in [2.75, 3.05) is 6.54 Å². The van der Waals surface area contributed by atoms with Crippen LogP contribution in [0.15, 0.2) is 48.6 Å². The van der Waals surface area contributed by atoms with E-state index in [0.29, 0.717) is 5.92 Å². The van der Waals surface area contributed by atoms with E-state index in [1.807, 2.05) is 17.1 Å². The molecule has 0 aromatic heterocycles. The summed E-state index contributed by atoms with van der Waals surface area (Å²) >= 11 is 0. The van der Waals surface area contributed by atoms with E-state index in [0.717, 1.165) is 19.4 Å². The quantitative estimate of drug-likeness (QED) is 0.612. The molecule has 1 aliphatic carbocycles. The van der Waals surface area contributed by atoms with Crippen LogP contribution >= 0.6 is 0 Å². The Morgan fingerprint density at radius 3 is 3.19 bits per heavy atom. The number of hydrogen-bond acceptors (Lipinski definition) is 1. The molecule has 0 fully saturated rings. The van der Waals surface area contributed by atoms with Gasteiger partial charge >= 0.3 is 0 Å². The van der Waals surface area contributed by atoms with Crippen LogP contribution in [0.4, 0.5) is 0 Å². The van der Waals surface area contributed by atoms with Gasteiger partial charge in [-0.05, 0) is 24.3 Å². The molecular weight excluding hydrogens is 198 g/mol. The predicted molar refractivity (Wildman–Crippen MR) is 63.7 cm³/mol. The highest BCUT2D eigenvalue weighted by Crippen LogP contribution is 2.43. The summed E-state index contributed by atoms with van der Waals surface area (Å²) in [6, 6.07) is 0. The lowest BCUT2D eigenvalue weighted by molar-refractivity contribution is -0.127. The van der Waals surface area contributed by atoms with Gasteiger partial charge in [-0.1, -0.05) is 30.4 Å². The zero-order valence-electron chi connectivity index (χ0n) is 9.23. The fourth-order valence-electron chi connectivity index (χ4n) is 2.89. The Bertz CT molecular complexity index is 444. The normalized spacial score (nSPS) is 35.8. The van der Waals surface area contributed by atoms with Gasteiger partial charge < -0.3 is 4.90 Å². The van der Waals surface area contributed by atoms with Crippen LogP contribution in [-0.2, 0) is 4.79 Å². The van der Waals surface area contributed by atoms with Crippen molar-refractivity contribution >= 4 is 5.91 Å². The van der Waals surface area contributed by atoms with E-state index in [1.54, 1.807) is 0 Å². The second-order valence-corrected chi connectivity index (χ2v) is 4.64. The minimum absolute atomic E-state index is 0.161. The summed E-state index contributed by atoms with van der Waals surface area (Å²) < 4.78 is 0. The van der Waals surface area contributed by atoms with Crippen molar-refractivity contribution in [3.63, 3.8) is 0 Å². The Hall–Kier alpha value is -1.57. The summed E-state index contributed by atoms with van der Waals surface area (Å²) in [6.07, 6.45) is 14.3. The van der Waals surface area contributed by atoms with Crippen molar-refractivity contribution in [3.8, 4) is 0 Å². The first-order valence-corrected chi connectivity index (χ1v) is 5.78. The van der Waals surface area contributed by atoms with Crippen LogP contribution < -0.4 is 0 Å². The Morgan fingerprint density at radius 2 is 2.38 bits per heavy atom. The number of carbonyl (C=O) groups is 1. The molecule has 1 amide bonds. The molecule has 2 nitrogen and oxygen atoms in total. The minimum Gasteiger partial charge on any atom is -0.322 e. The molecule has 2 heteroatoms. The third-order valence-electron chi connectivity index (χ3n) is 3.77. The Balaban J connectivity index is 2.10. The predicted octanol–water partition coefficient (Wildman–Crippen LogP) is 2.22. The lowest BCUT2D eigenvalue weighted by Gasteiger charge is -2.41. The number of hydrogen-bond donors (Lipinski definition) is 0.